The SMILES string of the molecule is C[C@@H](c1ccc(NC(=O)[C@@H](NC(=O)OC(C)(C)C)C2CCCCCC2)c(F)c1)[C@@H](O)C(=O)N1CCN(C)CC1. The van der Waals surface area contributed by atoms with E-state index in [1.807, 2.05) is 7.05 Å². The summed E-state index contributed by atoms with van der Waals surface area (Å²) >= 11 is 0. The molecule has 0 radical (unpaired) electrons. The van der Waals surface area contributed by atoms with Crippen LogP contribution in [0.1, 0.15) is 77.7 Å². The fourth-order valence-electron chi connectivity index (χ4n) is 5.21. The van der Waals surface area contributed by atoms with Gasteiger partial charge in [0.15, 0.2) is 0 Å². The first-order valence-corrected chi connectivity index (χ1v) is 14.1. The van der Waals surface area contributed by atoms with Crippen LogP contribution in [0.4, 0.5) is 14.9 Å². The summed E-state index contributed by atoms with van der Waals surface area (Å²) in [5.41, 5.74) is -0.295. The highest BCUT2D eigenvalue weighted by molar-refractivity contribution is 5.97. The molecule has 2 fully saturated rings. The largest absolute Gasteiger partial charge is 0.444 e. The quantitative estimate of drug-likeness (QED) is 0.446. The van der Waals surface area contributed by atoms with Gasteiger partial charge in [-0.25, -0.2) is 9.18 Å². The van der Waals surface area contributed by atoms with Gasteiger partial charge in [-0.1, -0.05) is 38.7 Å². The van der Waals surface area contributed by atoms with Crippen molar-refractivity contribution in [2.24, 2.45) is 5.92 Å². The molecule has 10 heteroatoms. The molecule has 1 aliphatic carbocycles. The van der Waals surface area contributed by atoms with Gasteiger partial charge >= 0.3 is 6.09 Å². The zero-order chi connectivity index (χ0) is 28.7. The van der Waals surface area contributed by atoms with Crippen LogP contribution in [0.15, 0.2) is 18.2 Å². The topological polar surface area (TPSA) is 111 Å². The minimum absolute atomic E-state index is 0.0274. The number of rotatable bonds is 7. The summed E-state index contributed by atoms with van der Waals surface area (Å²) in [6.45, 7) is 9.48. The maximum absolute atomic E-state index is 15.2. The number of hydrogen-bond donors (Lipinski definition) is 3. The van der Waals surface area contributed by atoms with E-state index >= 15 is 4.39 Å². The summed E-state index contributed by atoms with van der Waals surface area (Å²) in [7, 11) is 1.98. The third-order valence-corrected chi connectivity index (χ3v) is 7.64. The molecule has 1 aliphatic heterocycles. The molecule has 3 rings (SSSR count). The van der Waals surface area contributed by atoms with Crippen molar-refractivity contribution < 1.29 is 28.6 Å². The number of benzene rings is 1. The van der Waals surface area contributed by atoms with Gasteiger partial charge in [0.25, 0.3) is 5.91 Å². The van der Waals surface area contributed by atoms with Crippen LogP contribution >= 0.6 is 0 Å². The van der Waals surface area contributed by atoms with Gasteiger partial charge in [-0.2, -0.15) is 0 Å². The number of hydrogen-bond acceptors (Lipinski definition) is 6. The second-order valence-corrected chi connectivity index (χ2v) is 12.0. The van der Waals surface area contributed by atoms with Crippen LogP contribution in [0.3, 0.4) is 0 Å². The molecule has 0 unspecified atom stereocenters. The minimum Gasteiger partial charge on any atom is -0.444 e. The van der Waals surface area contributed by atoms with Crippen molar-refractivity contribution in [3.8, 4) is 0 Å². The fraction of sp³-hybridized carbons (Fsp3) is 0.690. The Bertz CT molecular complexity index is 998. The third kappa shape index (κ3) is 8.89. The predicted octanol–water partition coefficient (Wildman–Crippen LogP) is 3.87. The van der Waals surface area contributed by atoms with Gasteiger partial charge in [0.05, 0.1) is 5.69 Å². The number of anilines is 1. The Morgan fingerprint density at radius 3 is 2.23 bits per heavy atom. The number of halogens is 1. The lowest BCUT2D eigenvalue weighted by Crippen LogP contribution is -2.51. The van der Waals surface area contributed by atoms with Crippen molar-refractivity contribution in [1.82, 2.24) is 15.1 Å². The second kappa shape index (κ2) is 13.6. The van der Waals surface area contributed by atoms with Gasteiger partial charge in [-0.05, 0) is 64.3 Å². The molecule has 0 bridgehead atoms. The lowest BCUT2D eigenvalue weighted by molar-refractivity contribution is -0.142. The number of piperazine rings is 1. The number of ether oxygens (including phenoxy) is 1. The van der Waals surface area contributed by atoms with Gasteiger partial charge in [0.2, 0.25) is 5.91 Å². The van der Waals surface area contributed by atoms with E-state index in [4.69, 9.17) is 4.74 Å². The van der Waals surface area contributed by atoms with Crippen molar-refractivity contribution in [3.63, 3.8) is 0 Å². The predicted molar refractivity (Wildman–Crippen MR) is 148 cm³/mol. The van der Waals surface area contributed by atoms with Crippen LogP contribution in [-0.2, 0) is 14.3 Å². The van der Waals surface area contributed by atoms with Crippen LogP contribution < -0.4 is 10.6 Å². The zero-order valence-electron chi connectivity index (χ0n) is 24.0. The standard InChI is InChI=1S/C29H45FN4O5/c1-19(25(35)27(37)34-16-14-33(5)15-17-34)21-12-13-23(22(30)18-21)31-26(36)24(20-10-8-6-7-9-11-20)32-28(38)39-29(2,3)4/h12-13,18-20,24-25,35H,6-11,14-17H2,1-5H3,(H,31,36)(H,32,38)/t19-,24-,25+/m0/s1. The maximum Gasteiger partial charge on any atom is 0.408 e. The van der Waals surface area contributed by atoms with Crippen molar-refractivity contribution >= 4 is 23.6 Å². The highest BCUT2D eigenvalue weighted by atomic mass is 19.1. The molecule has 2 aliphatic rings. The van der Waals surface area contributed by atoms with Crippen LogP contribution in [-0.4, -0.2) is 83.8 Å². The Labute approximate surface area is 231 Å². The number of carbonyl (C=O) groups excluding carboxylic acids is 3. The van der Waals surface area contributed by atoms with E-state index in [1.54, 1.807) is 38.7 Å². The van der Waals surface area contributed by atoms with E-state index in [9.17, 15) is 19.5 Å². The lowest BCUT2D eigenvalue weighted by Gasteiger charge is -2.34. The minimum atomic E-state index is -1.30. The molecule has 1 aromatic carbocycles. The number of aliphatic hydroxyl groups excluding tert-OH is 1. The molecule has 3 amide bonds. The Hall–Kier alpha value is -2.72. The molecule has 3 N–H and O–H groups in total. The molecule has 1 saturated carbocycles. The Kier molecular flexibility index (Phi) is 10.7. The first kappa shape index (κ1) is 30.8. The summed E-state index contributed by atoms with van der Waals surface area (Å²) in [6, 6.07) is 3.41. The molecular formula is C29H45FN4O5. The van der Waals surface area contributed by atoms with Gasteiger partial charge in [-0.15, -0.1) is 0 Å². The maximum atomic E-state index is 15.2. The highest BCUT2D eigenvalue weighted by Crippen LogP contribution is 2.28. The number of aliphatic hydroxyl groups is 1. The average molecular weight is 549 g/mol. The number of carbonyl (C=O) groups is 3. The summed E-state index contributed by atoms with van der Waals surface area (Å²) in [6.07, 6.45) is 3.66. The van der Waals surface area contributed by atoms with Crippen LogP contribution in [0.2, 0.25) is 0 Å². The molecule has 3 atom stereocenters. The van der Waals surface area contributed by atoms with E-state index in [0.717, 1.165) is 51.6 Å². The summed E-state index contributed by atoms with van der Waals surface area (Å²) in [4.78, 5) is 42.5. The van der Waals surface area contributed by atoms with E-state index in [1.165, 1.54) is 12.1 Å². The second-order valence-electron chi connectivity index (χ2n) is 12.0. The lowest BCUT2D eigenvalue weighted by atomic mass is 9.91. The molecule has 1 heterocycles. The van der Waals surface area contributed by atoms with Crippen molar-refractivity contribution in [1.29, 1.82) is 0 Å². The normalized spacial score (nSPS) is 19.9. The average Bonchev–Trinajstić information content (AvgIpc) is 3.16. The summed E-state index contributed by atoms with van der Waals surface area (Å²) in [5.74, 6) is -2.27. The van der Waals surface area contributed by atoms with Crippen LogP contribution in [0.25, 0.3) is 0 Å². The van der Waals surface area contributed by atoms with Crippen LogP contribution in [0.5, 0.6) is 0 Å². The molecule has 218 valence electrons. The molecular weight excluding hydrogens is 503 g/mol. The molecule has 39 heavy (non-hydrogen) atoms. The number of nitrogens with zero attached hydrogens (tertiary/aromatic N) is 2. The van der Waals surface area contributed by atoms with Gasteiger partial charge in [0, 0.05) is 32.1 Å². The van der Waals surface area contributed by atoms with Crippen LogP contribution in [0, 0.1) is 11.7 Å². The van der Waals surface area contributed by atoms with E-state index in [2.05, 4.69) is 15.5 Å². The van der Waals surface area contributed by atoms with Crippen molar-refractivity contribution in [2.45, 2.75) is 89.9 Å². The van der Waals surface area contributed by atoms with E-state index in [-0.39, 0.29) is 17.5 Å². The Balaban J connectivity index is 1.70. The molecule has 0 spiro atoms. The van der Waals surface area contributed by atoms with E-state index in [0.29, 0.717) is 18.7 Å². The van der Waals surface area contributed by atoms with Gasteiger partial charge < -0.3 is 30.3 Å². The van der Waals surface area contributed by atoms with Gasteiger partial charge in [-0.3, -0.25) is 9.59 Å². The first-order valence-electron chi connectivity index (χ1n) is 14.1. The number of likely N-dealkylation sites (N-methyl/N-ethyl adjacent to an activating group) is 1. The summed E-state index contributed by atoms with van der Waals surface area (Å²) in [5, 5.41) is 16.1. The monoisotopic (exact) mass is 548 g/mol. The third-order valence-electron chi connectivity index (χ3n) is 7.64. The molecule has 0 aromatic heterocycles. The van der Waals surface area contributed by atoms with Gasteiger partial charge in [0.1, 0.15) is 23.6 Å². The molecule has 9 nitrogen and oxygen atoms in total. The number of amides is 3. The van der Waals surface area contributed by atoms with Crippen molar-refractivity contribution in [3.05, 3.63) is 29.6 Å². The van der Waals surface area contributed by atoms with Crippen molar-refractivity contribution in [2.75, 3.05) is 38.5 Å². The number of nitrogens with one attached hydrogen (secondary N) is 2. The fourth-order valence-corrected chi connectivity index (χ4v) is 5.21. The summed E-state index contributed by atoms with van der Waals surface area (Å²) < 4.78 is 20.6. The molecule has 1 saturated heterocycles. The van der Waals surface area contributed by atoms with E-state index < -0.39 is 41.5 Å². The smallest absolute Gasteiger partial charge is 0.408 e. The zero-order valence-corrected chi connectivity index (χ0v) is 24.0. The Morgan fingerprint density at radius 1 is 1.05 bits per heavy atom. The Morgan fingerprint density at radius 2 is 1.67 bits per heavy atom. The number of alkyl carbamates (subject to hydrolysis) is 1. The molecule has 1 aromatic rings. The first-order chi connectivity index (χ1) is 18.4. The highest BCUT2D eigenvalue weighted by Gasteiger charge is 2.33.